The number of carbonyl (C=O) groups is 1. The summed E-state index contributed by atoms with van der Waals surface area (Å²) in [6.07, 6.45) is 1.76. The molecule has 1 amide bonds. The van der Waals surface area contributed by atoms with Gasteiger partial charge in [0.1, 0.15) is 5.69 Å². The van der Waals surface area contributed by atoms with Crippen molar-refractivity contribution in [2.45, 2.75) is 26.7 Å². The van der Waals surface area contributed by atoms with Crippen molar-refractivity contribution >= 4 is 17.2 Å². The van der Waals surface area contributed by atoms with Gasteiger partial charge >= 0.3 is 0 Å². The Kier molecular flexibility index (Phi) is 5.58. The molecule has 5 heteroatoms. The Morgan fingerprint density at radius 1 is 1.59 bits per heavy atom. The number of aromatic nitrogens is 1. The summed E-state index contributed by atoms with van der Waals surface area (Å²) in [5.41, 5.74) is 6.00. The smallest absolute Gasteiger partial charge is 0.273 e. The summed E-state index contributed by atoms with van der Waals surface area (Å²) in [6.45, 7) is 5.66. The molecule has 0 aliphatic carbocycles. The van der Waals surface area contributed by atoms with Gasteiger partial charge in [-0.25, -0.2) is 4.98 Å². The summed E-state index contributed by atoms with van der Waals surface area (Å²) in [5, 5.41) is 2.76. The molecule has 0 spiro atoms. The highest BCUT2D eigenvalue weighted by molar-refractivity contribution is 7.09. The molecule has 1 heterocycles. The van der Waals surface area contributed by atoms with Crippen molar-refractivity contribution in [2.24, 2.45) is 11.7 Å². The average Bonchev–Trinajstić information content (AvgIpc) is 2.74. The monoisotopic (exact) mass is 255 g/mol. The van der Waals surface area contributed by atoms with E-state index in [2.05, 4.69) is 18.8 Å². The molecule has 17 heavy (non-hydrogen) atoms. The van der Waals surface area contributed by atoms with Crippen molar-refractivity contribution in [3.63, 3.8) is 0 Å². The minimum atomic E-state index is 0.00479. The third kappa shape index (κ3) is 4.44. The Morgan fingerprint density at radius 3 is 2.88 bits per heavy atom. The van der Waals surface area contributed by atoms with Crippen LogP contribution in [-0.4, -0.2) is 35.9 Å². The number of carbonyl (C=O) groups excluding carboxylic acids is 1. The maximum absolute atomic E-state index is 12.0. The van der Waals surface area contributed by atoms with Gasteiger partial charge in [-0.3, -0.25) is 4.79 Å². The first-order valence-electron chi connectivity index (χ1n) is 5.94. The minimum absolute atomic E-state index is 0.00479. The zero-order valence-electron chi connectivity index (χ0n) is 10.8. The largest absolute Gasteiger partial charge is 0.340 e. The Hall–Kier alpha value is -0.940. The molecular formula is C12H21N3OS. The van der Waals surface area contributed by atoms with E-state index in [0.717, 1.165) is 24.4 Å². The third-order valence-electron chi connectivity index (χ3n) is 2.52. The second-order valence-electron chi connectivity index (χ2n) is 4.57. The lowest BCUT2D eigenvalue weighted by molar-refractivity contribution is 0.0784. The van der Waals surface area contributed by atoms with Crippen molar-refractivity contribution in [3.8, 4) is 0 Å². The van der Waals surface area contributed by atoms with Crippen LogP contribution in [0.1, 0.15) is 35.8 Å². The van der Waals surface area contributed by atoms with Crippen LogP contribution < -0.4 is 5.73 Å². The second kappa shape index (κ2) is 6.71. The van der Waals surface area contributed by atoms with Crippen molar-refractivity contribution in [2.75, 3.05) is 20.1 Å². The molecule has 0 radical (unpaired) electrons. The third-order valence-corrected chi connectivity index (χ3v) is 3.43. The highest BCUT2D eigenvalue weighted by atomic mass is 32.1. The lowest BCUT2D eigenvalue weighted by atomic mass is 10.1. The first-order valence-corrected chi connectivity index (χ1v) is 6.82. The lowest BCUT2D eigenvalue weighted by Gasteiger charge is -2.16. The van der Waals surface area contributed by atoms with Gasteiger partial charge in [0.05, 0.1) is 5.01 Å². The van der Waals surface area contributed by atoms with Crippen molar-refractivity contribution in [1.29, 1.82) is 0 Å². The molecule has 0 unspecified atom stereocenters. The van der Waals surface area contributed by atoms with E-state index in [0.29, 0.717) is 18.2 Å². The van der Waals surface area contributed by atoms with Crippen molar-refractivity contribution < 1.29 is 4.79 Å². The molecule has 0 atom stereocenters. The van der Waals surface area contributed by atoms with Gasteiger partial charge in [0, 0.05) is 25.4 Å². The number of nitrogens with zero attached hydrogens (tertiary/aromatic N) is 2. The number of rotatable bonds is 6. The summed E-state index contributed by atoms with van der Waals surface area (Å²) in [7, 11) is 1.83. The van der Waals surface area contributed by atoms with Gasteiger partial charge in [0.15, 0.2) is 0 Å². The summed E-state index contributed by atoms with van der Waals surface area (Å²) in [6, 6.07) is 0. The molecule has 0 bridgehead atoms. The van der Waals surface area contributed by atoms with Gasteiger partial charge in [-0.2, -0.15) is 0 Å². The number of thiazole rings is 1. The van der Waals surface area contributed by atoms with Crippen LogP contribution in [0, 0.1) is 5.92 Å². The lowest BCUT2D eigenvalue weighted by Crippen LogP contribution is -2.28. The fourth-order valence-electron chi connectivity index (χ4n) is 1.40. The molecule has 1 rings (SSSR count). The summed E-state index contributed by atoms with van der Waals surface area (Å²) >= 11 is 1.51. The zero-order valence-corrected chi connectivity index (χ0v) is 11.6. The number of hydrogen-bond acceptors (Lipinski definition) is 4. The fraction of sp³-hybridized carbons (Fsp3) is 0.667. The van der Waals surface area contributed by atoms with Gasteiger partial charge in [0.2, 0.25) is 0 Å². The second-order valence-corrected chi connectivity index (χ2v) is 5.52. The highest BCUT2D eigenvalue weighted by Gasteiger charge is 2.15. The van der Waals surface area contributed by atoms with E-state index in [9.17, 15) is 4.79 Å². The molecule has 0 fully saturated rings. The molecule has 1 aromatic heterocycles. The van der Waals surface area contributed by atoms with Crippen molar-refractivity contribution in [3.05, 3.63) is 16.1 Å². The van der Waals surface area contributed by atoms with Crippen LogP contribution in [0.25, 0.3) is 0 Å². The zero-order chi connectivity index (χ0) is 12.8. The van der Waals surface area contributed by atoms with E-state index in [1.54, 1.807) is 4.90 Å². The molecule has 0 aromatic carbocycles. The first-order chi connectivity index (χ1) is 8.04. The normalized spacial score (nSPS) is 10.9. The minimum Gasteiger partial charge on any atom is -0.340 e. The van der Waals surface area contributed by atoms with Crippen LogP contribution >= 0.6 is 11.3 Å². The highest BCUT2D eigenvalue weighted by Crippen LogP contribution is 2.12. The van der Waals surface area contributed by atoms with Gasteiger partial charge in [-0.1, -0.05) is 13.8 Å². The Balaban J connectivity index is 2.55. The molecule has 2 N–H and O–H groups in total. The van der Waals surface area contributed by atoms with Gasteiger partial charge in [-0.15, -0.1) is 11.3 Å². The molecule has 0 saturated heterocycles. The Labute approximate surface area is 107 Å². The van der Waals surface area contributed by atoms with Crippen LogP contribution in [0.3, 0.4) is 0 Å². The molecular weight excluding hydrogens is 234 g/mol. The number of amides is 1. The van der Waals surface area contributed by atoms with E-state index in [1.807, 2.05) is 12.4 Å². The summed E-state index contributed by atoms with van der Waals surface area (Å²) < 4.78 is 0. The average molecular weight is 255 g/mol. The topological polar surface area (TPSA) is 59.2 Å². The van der Waals surface area contributed by atoms with E-state index < -0.39 is 0 Å². The molecule has 0 aliphatic heterocycles. The summed E-state index contributed by atoms with van der Waals surface area (Å²) in [5.74, 6) is 0.610. The van der Waals surface area contributed by atoms with E-state index in [4.69, 9.17) is 5.73 Å². The van der Waals surface area contributed by atoms with E-state index in [1.165, 1.54) is 11.3 Å². The number of nitrogens with two attached hydrogens (primary N) is 1. The van der Waals surface area contributed by atoms with Crippen molar-refractivity contribution in [1.82, 2.24) is 9.88 Å². The van der Waals surface area contributed by atoms with Crippen LogP contribution in [0.4, 0.5) is 0 Å². The predicted molar refractivity (Wildman–Crippen MR) is 71.3 cm³/mol. The van der Waals surface area contributed by atoms with Crippen LogP contribution in [-0.2, 0) is 6.42 Å². The maximum atomic E-state index is 12.0. The first kappa shape index (κ1) is 14.1. The molecule has 0 aliphatic rings. The Morgan fingerprint density at radius 2 is 2.29 bits per heavy atom. The molecule has 4 nitrogen and oxygen atoms in total. The number of hydrogen-bond donors (Lipinski definition) is 1. The van der Waals surface area contributed by atoms with Crippen LogP contribution in [0.5, 0.6) is 0 Å². The van der Waals surface area contributed by atoms with Crippen LogP contribution in [0.15, 0.2) is 5.38 Å². The van der Waals surface area contributed by atoms with Gasteiger partial charge in [0.25, 0.3) is 5.91 Å². The quantitative estimate of drug-likeness (QED) is 0.842. The fourth-order valence-corrected chi connectivity index (χ4v) is 2.18. The Bertz CT molecular complexity index is 362. The van der Waals surface area contributed by atoms with E-state index in [-0.39, 0.29) is 5.91 Å². The predicted octanol–water partition coefficient (Wildman–Crippen LogP) is 1.76. The molecule has 1 aromatic rings. The molecule has 0 saturated carbocycles. The van der Waals surface area contributed by atoms with Gasteiger partial charge in [-0.05, 0) is 18.9 Å². The van der Waals surface area contributed by atoms with E-state index >= 15 is 0 Å². The SMILES string of the molecule is CC(C)CCN(C)C(=O)c1csc(CCN)n1. The standard InChI is InChI=1S/C12H21N3OS/c1-9(2)5-7-15(3)12(16)10-8-17-11(14-10)4-6-13/h8-9H,4-7,13H2,1-3H3. The van der Waals surface area contributed by atoms with Gasteiger partial charge < -0.3 is 10.6 Å². The summed E-state index contributed by atoms with van der Waals surface area (Å²) in [4.78, 5) is 18.0. The van der Waals surface area contributed by atoms with Crippen LogP contribution in [0.2, 0.25) is 0 Å². The maximum Gasteiger partial charge on any atom is 0.273 e. The molecule has 96 valence electrons.